The van der Waals surface area contributed by atoms with E-state index in [1.54, 1.807) is 7.05 Å². The van der Waals surface area contributed by atoms with E-state index >= 15 is 0 Å². The van der Waals surface area contributed by atoms with E-state index in [1.165, 1.54) is 11.3 Å². The molecule has 0 saturated carbocycles. The molecule has 1 aromatic carbocycles. The highest BCUT2D eigenvalue weighted by Gasteiger charge is 2.07. The summed E-state index contributed by atoms with van der Waals surface area (Å²) in [5, 5.41) is 5.29. The van der Waals surface area contributed by atoms with Crippen molar-refractivity contribution in [3.63, 3.8) is 0 Å². The standard InChI is InChI=1S/C12H10ClNOS/c1-14-12(15)11-6-9(7-16-11)8-2-4-10(13)5-3-8/h2-7H,1H3,(H,14,15). The number of hydrogen-bond donors (Lipinski definition) is 1. The molecule has 1 N–H and O–H groups in total. The van der Waals surface area contributed by atoms with Gasteiger partial charge in [0, 0.05) is 12.1 Å². The molecule has 0 saturated heterocycles. The minimum Gasteiger partial charge on any atom is -0.354 e. The van der Waals surface area contributed by atoms with E-state index in [0.717, 1.165) is 11.1 Å². The van der Waals surface area contributed by atoms with Crippen LogP contribution in [0, 0.1) is 0 Å². The van der Waals surface area contributed by atoms with Crippen LogP contribution in [0.5, 0.6) is 0 Å². The quantitative estimate of drug-likeness (QED) is 0.871. The third kappa shape index (κ3) is 2.26. The Labute approximate surface area is 103 Å². The van der Waals surface area contributed by atoms with Crippen LogP contribution in [0.4, 0.5) is 0 Å². The second-order valence-corrected chi connectivity index (χ2v) is 4.63. The molecule has 1 amide bonds. The Kier molecular flexibility index (Phi) is 3.27. The van der Waals surface area contributed by atoms with Crippen molar-refractivity contribution < 1.29 is 4.79 Å². The van der Waals surface area contributed by atoms with E-state index in [4.69, 9.17) is 11.6 Å². The zero-order valence-corrected chi connectivity index (χ0v) is 10.2. The average molecular weight is 252 g/mol. The first-order valence-corrected chi connectivity index (χ1v) is 6.03. The van der Waals surface area contributed by atoms with Crippen LogP contribution in [0.3, 0.4) is 0 Å². The maximum atomic E-state index is 11.4. The van der Waals surface area contributed by atoms with Crippen molar-refractivity contribution in [1.29, 1.82) is 0 Å². The summed E-state index contributed by atoms with van der Waals surface area (Å²) in [5.41, 5.74) is 2.11. The smallest absolute Gasteiger partial charge is 0.261 e. The van der Waals surface area contributed by atoms with Crippen LogP contribution in [-0.4, -0.2) is 13.0 Å². The summed E-state index contributed by atoms with van der Waals surface area (Å²) in [4.78, 5) is 12.1. The molecule has 0 aliphatic heterocycles. The molecule has 16 heavy (non-hydrogen) atoms. The van der Waals surface area contributed by atoms with E-state index in [-0.39, 0.29) is 5.91 Å². The van der Waals surface area contributed by atoms with E-state index in [2.05, 4.69) is 5.32 Å². The summed E-state index contributed by atoms with van der Waals surface area (Å²) in [5.74, 6) is -0.0507. The Hall–Kier alpha value is -1.32. The highest BCUT2D eigenvalue weighted by atomic mass is 35.5. The van der Waals surface area contributed by atoms with Crippen LogP contribution in [-0.2, 0) is 0 Å². The molecule has 2 rings (SSSR count). The van der Waals surface area contributed by atoms with Crippen molar-refractivity contribution in [2.24, 2.45) is 0 Å². The second kappa shape index (κ2) is 4.68. The summed E-state index contributed by atoms with van der Waals surface area (Å²) >= 11 is 7.25. The van der Waals surface area contributed by atoms with Gasteiger partial charge in [-0.25, -0.2) is 0 Å². The lowest BCUT2D eigenvalue weighted by molar-refractivity contribution is 0.0967. The van der Waals surface area contributed by atoms with Crippen molar-refractivity contribution in [3.05, 3.63) is 45.6 Å². The molecule has 82 valence electrons. The van der Waals surface area contributed by atoms with Crippen LogP contribution < -0.4 is 5.32 Å². The molecular formula is C12H10ClNOS. The second-order valence-electron chi connectivity index (χ2n) is 3.29. The number of halogens is 1. The first kappa shape index (κ1) is 11.2. The predicted octanol–water partition coefficient (Wildman–Crippen LogP) is 3.43. The van der Waals surface area contributed by atoms with Gasteiger partial charge in [-0.15, -0.1) is 11.3 Å². The van der Waals surface area contributed by atoms with Gasteiger partial charge in [0.15, 0.2) is 0 Å². The molecule has 0 aliphatic carbocycles. The topological polar surface area (TPSA) is 29.1 Å². The van der Waals surface area contributed by atoms with Crippen molar-refractivity contribution in [2.75, 3.05) is 7.05 Å². The number of nitrogens with one attached hydrogen (secondary N) is 1. The van der Waals surface area contributed by atoms with E-state index in [0.29, 0.717) is 9.90 Å². The van der Waals surface area contributed by atoms with Crippen LogP contribution in [0.25, 0.3) is 11.1 Å². The highest BCUT2D eigenvalue weighted by molar-refractivity contribution is 7.12. The van der Waals surface area contributed by atoms with E-state index in [1.807, 2.05) is 35.7 Å². The number of carbonyl (C=O) groups excluding carboxylic acids is 1. The highest BCUT2D eigenvalue weighted by Crippen LogP contribution is 2.26. The van der Waals surface area contributed by atoms with Gasteiger partial charge in [0.05, 0.1) is 4.88 Å². The van der Waals surface area contributed by atoms with Crippen LogP contribution in [0.1, 0.15) is 9.67 Å². The fraction of sp³-hybridized carbons (Fsp3) is 0.0833. The third-order valence-corrected chi connectivity index (χ3v) is 3.41. The number of amides is 1. The zero-order valence-electron chi connectivity index (χ0n) is 8.66. The molecule has 1 aromatic heterocycles. The maximum Gasteiger partial charge on any atom is 0.261 e. The molecule has 0 spiro atoms. The van der Waals surface area contributed by atoms with Crippen molar-refractivity contribution in [1.82, 2.24) is 5.32 Å². The van der Waals surface area contributed by atoms with Gasteiger partial charge in [-0.3, -0.25) is 4.79 Å². The predicted molar refractivity (Wildman–Crippen MR) is 68.2 cm³/mol. The van der Waals surface area contributed by atoms with Crippen molar-refractivity contribution in [3.8, 4) is 11.1 Å². The lowest BCUT2D eigenvalue weighted by atomic mass is 10.1. The Bertz CT molecular complexity index is 504. The number of carbonyl (C=O) groups is 1. The number of benzene rings is 1. The van der Waals surface area contributed by atoms with Crippen LogP contribution in [0.15, 0.2) is 35.7 Å². The Morgan fingerprint density at radius 3 is 2.56 bits per heavy atom. The minimum atomic E-state index is -0.0507. The van der Waals surface area contributed by atoms with Crippen molar-refractivity contribution in [2.45, 2.75) is 0 Å². The van der Waals surface area contributed by atoms with Gasteiger partial charge in [-0.05, 0) is 34.7 Å². The maximum absolute atomic E-state index is 11.4. The molecule has 2 nitrogen and oxygen atoms in total. The molecule has 4 heteroatoms. The van der Waals surface area contributed by atoms with Gasteiger partial charge >= 0.3 is 0 Å². The number of thiophene rings is 1. The van der Waals surface area contributed by atoms with Crippen molar-refractivity contribution >= 4 is 28.8 Å². The normalized spacial score (nSPS) is 10.1. The largest absolute Gasteiger partial charge is 0.354 e. The molecule has 0 aliphatic rings. The Balaban J connectivity index is 2.31. The number of rotatable bonds is 2. The summed E-state index contributed by atoms with van der Waals surface area (Å²) in [6.07, 6.45) is 0. The van der Waals surface area contributed by atoms with Gasteiger partial charge in [0.1, 0.15) is 0 Å². The SMILES string of the molecule is CNC(=O)c1cc(-c2ccc(Cl)cc2)cs1. The summed E-state index contributed by atoms with van der Waals surface area (Å²) in [6, 6.07) is 9.45. The molecule has 1 heterocycles. The summed E-state index contributed by atoms with van der Waals surface area (Å²) in [6.45, 7) is 0. The van der Waals surface area contributed by atoms with Gasteiger partial charge in [0.25, 0.3) is 5.91 Å². The monoisotopic (exact) mass is 251 g/mol. The summed E-state index contributed by atoms with van der Waals surface area (Å²) < 4.78 is 0. The fourth-order valence-corrected chi connectivity index (χ4v) is 2.36. The van der Waals surface area contributed by atoms with E-state index < -0.39 is 0 Å². The van der Waals surface area contributed by atoms with Gasteiger partial charge in [-0.1, -0.05) is 23.7 Å². The van der Waals surface area contributed by atoms with E-state index in [9.17, 15) is 4.79 Å². The molecule has 0 fully saturated rings. The van der Waals surface area contributed by atoms with Gasteiger partial charge in [0.2, 0.25) is 0 Å². The zero-order chi connectivity index (χ0) is 11.5. The lowest BCUT2D eigenvalue weighted by Crippen LogP contribution is -2.15. The lowest BCUT2D eigenvalue weighted by Gasteiger charge is -1.97. The Morgan fingerprint density at radius 2 is 1.94 bits per heavy atom. The molecule has 0 bridgehead atoms. The molecule has 0 radical (unpaired) electrons. The van der Waals surface area contributed by atoms with Crippen LogP contribution in [0.2, 0.25) is 5.02 Å². The average Bonchev–Trinajstić information content (AvgIpc) is 2.78. The first-order chi connectivity index (χ1) is 7.70. The minimum absolute atomic E-state index is 0.0507. The van der Waals surface area contributed by atoms with Crippen LogP contribution >= 0.6 is 22.9 Å². The van der Waals surface area contributed by atoms with Gasteiger partial charge < -0.3 is 5.32 Å². The third-order valence-electron chi connectivity index (χ3n) is 2.23. The summed E-state index contributed by atoms with van der Waals surface area (Å²) in [7, 11) is 1.63. The van der Waals surface area contributed by atoms with Gasteiger partial charge in [-0.2, -0.15) is 0 Å². The fourth-order valence-electron chi connectivity index (χ4n) is 1.37. The molecule has 2 aromatic rings. The first-order valence-electron chi connectivity index (χ1n) is 4.77. The molecule has 0 atom stereocenters. The number of hydrogen-bond acceptors (Lipinski definition) is 2. The Morgan fingerprint density at radius 1 is 1.25 bits per heavy atom. The molecule has 0 unspecified atom stereocenters. The molecular weight excluding hydrogens is 242 g/mol.